The van der Waals surface area contributed by atoms with Crippen LogP contribution in [0.15, 0.2) is 33.7 Å². The van der Waals surface area contributed by atoms with Gasteiger partial charge in [-0.05, 0) is 24.6 Å². The lowest BCUT2D eigenvalue weighted by Crippen LogP contribution is -2.17. The molecule has 3 nitrogen and oxygen atoms in total. The van der Waals surface area contributed by atoms with E-state index in [0.717, 1.165) is 29.9 Å². The van der Waals surface area contributed by atoms with E-state index in [-0.39, 0.29) is 6.04 Å². The lowest BCUT2D eigenvalue weighted by molar-refractivity contribution is 0.301. The summed E-state index contributed by atoms with van der Waals surface area (Å²) in [5.74, 6) is 1.42. The average Bonchev–Trinajstić information content (AvgIpc) is 3.00. The standard InChI is InChI=1S/C13H15BrN2O/c14-11-4-2-1-3-10(11)12-8-17-13(16-12)9-5-6-15-7-9/h1-4,9,12,15H,5-8H2. The van der Waals surface area contributed by atoms with Gasteiger partial charge in [0.25, 0.3) is 0 Å². The smallest absolute Gasteiger partial charge is 0.188 e. The van der Waals surface area contributed by atoms with Crippen LogP contribution in [0, 0.1) is 5.92 Å². The van der Waals surface area contributed by atoms with Crippen molar-refractivity contribution in [3.05, 3.63) is 34.3 Å². The van der Waals surface area contributed by atoms with Crippen molar-refractivity contribution in [2.24, 2.45) is 10.9 Å². The molecular weight excluding hydrogens is 280 g/mol. The molecule has 0 saturated carbocycles. The Morgan fingerprint density at radius 2 is 2.24 bits per heavy atom. The molecule has 1 aromatic rings. The van der Waals surface area contributed by atoms with Gasteiger partial charge in [-0.25, -0.2) is 4.99 Å². The number of nitrogens with one attached hydrogen (secondary N) is 1. The monoisotopic (exact) mass is 294 g/mol. The largest absolute Gasteiger partial charge is 0.478 e. The quantitative estimate of drug-likeness (QED) is 0.909. The van der Waals surface area contributed by atoms with Gasteiger partial charge in [0.05, 0.1) is 0 Å². The Morgan fingerprint density at radius 1 is 1.35 bits per heavy atom. The van der Waals surface area contributed by atoms with Crippen molar-refractivity contribution in [2.75, 3.05) is 19.7 Å². The van der Waals surface area contributed by atoms with E-state index in [9.17, 15) is 0 Å². The number of hydrogen-bond donors (Lipinski definition) is 1. The lowest BCUT2D eigenvalue weighted by atomic mass is 10.1. The molecule has 1 fully saturated rings. The van der Waals surface area contributed by atoms with Gasteiger partial charge >= 0.3 is 0 Å². The highest BCUT2D eigenvalue weighted by Gasteiger charge is 2.29. The van der Waals surface area contributed by atoms with Crippen LogP contribution in [0.2, 0.25) is 0 Å². The Morgan fingerprint density at radius 3 is 3.00 bits per heavy atom. The fourth-order valence-electron chi connectivity index (χ4n) is 2.39. The molecule has 0 aromatic heterocycles. The number of benzene rings is 1. The minimum Gasteiger partial charge on any atom is -0.478 e. The van der Waals surface area contributed by atoms with Crippen molar-refractivity contribution in [1.82, 2.24) is 5.32 Å². The zero-order valence-corrected chi connectivity index (χ0v) is 11.1. The van der Waals surface area contributed by atoms with E-state index in [1.165, 1.54) is 5.56 Å². The van der Waals surface area contributed by atoms with E-state index < -0.39 is 0 Å². The van der Waals surface area contributed by atoms with Crippen molar-refractivity contribution in [3.63, 3.8) is 0 Å². The summed E-state index contributed by atoms with van der Waals surface area (Å²) in [5, 5.41) is 3.35. The second-order valence-electron chi connectivity index (χ2n) is 4.51. The van der Waals surface area contributed by atoms with Crippen molar-refractivity contribution in [2.45, 2.75) is 12.5 Å². The first-order chi connectivity index (χ1) is 8.34. The minimum absolute atomic E-state index is 0.154. The summed E-state index contributed by atoms with van der Waals surface area (Å²) < 4.78 is 6.86. The molecule has 2 unspecified atom stereocenters. The number of rotatable bonds is 2. The molecule has 0 bridgehead atoms. The summed E-state index contributed by atoms with van der Waals surface area (Å²) in [6.07, 6.45) is 1.14. The minimum atomic E-state index is 0.154. The van der Waals surface area contributed by atoms with Crippen LogP contribution in [-0.2, 0) is 4.74 Å². The molecule has 0 spiro atoms. The van der Waals surface area contributed by atoms with Crippen LogP contribution in [-0.4, -0.2) is 25.6 Å². The molecule has 4 heteroatoms. The summed E-state index contributed by atoms with van der Waals surface area (Å²) in [5.41, 5.74) is 1.22. The molecule has 17 heavy (non-hydrogen) atoms. The number of halogens is 1. The van der Waals surface area contributed by atoms with Crippen molar-refractivity contribution < 1.29 is 4.74 Å². The van der Waals surface area contributed by atoms with Crippen LogP contribution in [0.4, 0.5) is 0 Å². The van der Waals surface area contributed by atoms with Gasteiger partial charge in [0.2, 0.25) is 0 Å². The van der Waals surface area contributed by atoms with Gasteiger partial charge in [-0.1, -0.05) is 34.1 Å². The fraction of sp³-hybridized carbons (Fsp3) is 0.462. The number of aliphatic imine (C=N–C) groups is 1. The van der Waals surface area contributed by atoms with E-state index in [4.69, 9.17) is 9.73 Å². The fourth-order valence-corrected chi connectivity index (χ4v) is 2.93. The summed E-state index contributed by atoms with van der Waals surface area (Å²) in [4.78, 5) is 4.73. The highest BCUT2D eigenvalue weighted by atomic mass is 79.9. The van der Waals surface area contributed by atoms with Gasteiger partial charge in [0, 0.05) is 16.9 Å². The first-order valence-corrected chi connectivity index (χ1v) is 6.79. The third-order valence-electron chi connectivity index (χ3n) is 3.35. The average molecular weight is 295 g/mol. The summed E-state index contributed by atoms with van der Waals surface area (Å²) in [7, 11) is 0. The third-order valence-corrected chi connectivity index (χ3v) is 4.07. The first kappa shape index (κ1) is 11.2. The summed E-state index contributed by atoms with van der Waals surface area (Å²) in [6, 6.07) is 8.39. The number of nitrogens with zero attached hydrogens (tertiary/aromatic N) is 1. The van der Waals surface area contributed by atoms with E-state index in [2.05, 4.69) is 33.4 Å². The number of hydrogen-bond acceptors (Lipinski definition) is 3. The Hall–Kier alpha value is -0.870. The highest BCUT2D eigenvalue weighted by molar-refractivity contribution is 9.10. The van der Waals surface area contributed by atoms with Gasteiger partial charge < -0.3 is 10.1 Å². The molecule has 2 heterocycles. The molecule has 0 aliphatic carbocycles. The van der Waals surface area contributed by atoms with Gasteiger partial charge in [-0.15, -0.1) is 0 Å². The summed E-state index contributed by atoms with van der Waals surface area (Å²) >= 11 is 3.57. The molecule has 1 N–H and O–H groups in total. The van der Waals surface area contributed by atoms with Gasteiger partial charge in [0.15, 0.2) is 5.90 Å². The Labute approximate surface area is 109 Å². The van der Waals surface area contributed by atoms with Crippen molar-refractivity contribution in [3.8, 4) is 0 Å². The van der Waals surface area contributed by atoms with Crippen LogP contribution in [0.3, 0.4) is 0 Å². The molecule has 1 saturated heterocycles. The summed E-state index contributed by atoms with van der Waals surface area (Å²) in [6.45, 7) is 2.75. The van der Waals surface area contributed by atoms with Crippen molar-refractivity contribution in [1.29, 1.82) is 0 Å². The normalized spacial score (nSPS) is 27.9. The van der Waals surface area contributed by atoms with E-state index in [1.807, 2.05) is 12.1 Å². The zero-order valence-electron chi connectivity index (χ0n) is 9.53. The van der Waals surface area contributed by atoms with Crippen LogP contribution in [0.25, 0.3) is 0 Å². The van der Waals surface area contributed by atoms with E-state index >= 15 is 0 Å². The third kappa shape index (κ3) is 2.24. The molecule has 2 aliphatic rings. The van der Waals surface area contributed by atoms with Gasteiger partial charge in [-0.3, -0.25) is 0 Å². The highest BCUT2D eigenvalue weighted by Crippen LogP contribution is 2.31. The molecule has 0 radical (unpaired) electrons. The maximum atomic E-state index is 5.75. The molecule has 0 amide bonds. The van der Waals surface area contributed by atoms with Crippen LogP contribution < -0.4 is 5.32 Å². The van der Waals surface area contributed by atoms with Gasteiger partial charge in [-0.2, -0.15) is 0 Å². The molecule has 2 atom stereocenters. The second-order valence-corrected chi connectivity index (χ2v) is 5.36. The predicted octanol–water partition coefficient (Wildman–Crippen LogP) is 2.53. The Kier molecular flexibility index (Phi) is 3.16. The maximum absolute atomic E-state index is 5.75. The molecule has 3 rings (SSSR count). The molecule has 90 valence electrons. The SMILES string of the molecule is Brc1ccccc1C1COC(C2CCNC2)=N1. The first-order valence-electron chi connectivity index (χ1n) is 6.00. The van der Waals surface area contributed by atoms with Gasteiger partial charge in [0.1, 0.15) is 12.6 Å². The van der Waals surface area contributed by atoms with Crippen LogP contribution >= 0.6 is 15.9 Å². The number of ether oxygens (including phenoxy) is 1. The Bertz CT molecular complexity index is 441. The zero-order chi connectivity index (χ0) is 11.7. The topological polar surface area (TPSA) is 33.6 Å². The molecule has 2 aliphatic heterocycles. The van der Waals surface area contributed by atoms with E-state index in [1.54, 1.807) is 0 Å². The van der Waals surface area contributed by atoms with Crippen molar-refractivity contribution >= 4 is 21.8 Å². The lowest BCUT2D eigenvalue weighted by Gasteiger charge is -2.07. The molecular formula is C13H15BrN2O. The second kappa shape index (κ2) is 4.78. The maximum Gasteiger partial charge on any atom is 0.188 e. The van der Waals surface area contributed by atoms with Crippen LogP contribution in [0.5, 0.6) is 0 Å². The van der Waals surface area contributed by atoms with E-state index in [0.29, 0.717) is 12.5 Å². The Balaban J connectivity index is 1.80. The molecule has 1 aromatic carbocycles. The van der Waals surface area contributed by atoms with Crippen LogP contribution in [0.1, 0.15) is 18.0 Å². The predicted molar refractivity (Wildman–Crippen MR) is 71.2 cm³/mol.